The van der Waals surface area contributed by atoms with Gasteiger partial charge in [0.25, 0.3) is 5.91 Å². The molecule has 2 rings (SSSR count). The first-order valence-corrected chi connectivity index (χ1v) is 4.83. The van der Waals surface area contributed by atoms with E-state index in [9.17, 15) is 9.59 Å². The Morgan fingerprint density at radius 2 is 2.40 bits per heavy atom. The van der Waals surface area contributed by atoms with Crippen LogP contribution in [0, 0.1) is 0 Å². The number of β-lactam (4-membered cyclic amide) rings is 1. The van der Waals surface area contributed by atoms with Gasteiger partial charge in [0.1, 0.15) is 11.7 Å². The van der Waals surface area contributed by atoms with Crippen LogP contribution in [-0.4, -0.2) is 46.6 Å². The molecule has 0 spiro atoms. The number of ether oxygens (including phenoxy) is 1. The van der Waals surface area contributed by atoms with Gasteiger partial charge in [-0.3, -0.25) is 9.69 Å². The minimum absolute atomic E-state index is 0.0212. The SMILES string of the molecule is NC1C(=O)N2C(C(=O)O)=C(CCl)CO[C@H]12. The molecule has 7 heteroatoms. The number of halogens is 1. The third-order valence-electron chi connectivity index (χ3n) is 2.45. The van der Waals surface area contributed by atoms with Crippen LogP contribution in [-0.2, 0) is 14.3 Å². The predicted molar refractivity (Wildman–Crippen MR) is 49.9 cm³/mol. The number of carboxylic acids is 1. The number of fused-ring (bicyclic) bond motifs is 1. The maximum atomic E-state index is 11.4. The number of rotatable bonds is 2. The number of alkyl halides is 1. The number of carbonyl (C=O) groups excluding carboxylic acids is 1. The van der Waals surface area contributed by atoms with Crippen molar-refractivity contribution in [3.05, 3.63) is 11.3 Å². The van der Waals surface area contributed by atoms with Crippen molar-refractivity contribution in [2.24, 2.45) is 5.73 Å². The molecule has 2 atom stereocenters. The minimum Gasteiger partial charge on any atom is -0.477 e. The molecule has 3 N–H and O–H groups in total. The van der Waals surface area contributed by atoms with Crippen molar-refractivity contribution in [2.45, 2.75) is 12.3 Å². The molecular weight excluding hydrogens is 224 g/mol. The highest BCUT2D eigenvalue weighted by atomic mass is 35.5. The second-order valence-corrected chi connectivity index (χ2v) is 3.59. The topological polar surface area (TPSA) is 92.9 Å². The lowest BCUT2D eigenvalue weighted by Crippen LogP contribution is -2.71. The molecule has 0 aromatic carbocycles. The average Bonchev–Trinajstić information content (AvgIpc) is 2.25. The van der Waals surface area contributed by atoms with E-state index in [1.807, 2.05) is 0 Å². The zero-order chi connectivity index (χ0) is 11.2. The van der Waals surface area contributed by atoms with Gasteiger partial charge in [-0.25, -0.2) is 4.79 Å². The van der Waals surface area contributed by atoms with Gasteiger partial charge < -0.3 is 15.6 Å². The van der Waals surface area contributed by atoms with Crippen molar-refractivity contribution in [1.29, 1.82) is 0 Å². The number of nitrogens with zero attached hydrogens (tertiary/aromatic N) is 1. The van der Waals surface area contributed by atoms with Crippen LogP contribution in [0.5, 0.6) is 0 Å². The van der Waals surface area contributed by atoms with Gasteiger partial charge in [0.05, 0.1) is 6.61 Å². The van der Waals surface area contributed by atoms with E-state index in [0.717, 1.165) is 4.90 Å². The standard InChI is InChI=1S/C8H9ClN2O4/c9-1-3-2-15-7-4(10)6(12)11(7)5(3)8(13)14/h4,7H,1-2,10H2,(H,13,14)/t4?,7-/m1/s1. The lowest BCUT2D eigenvalue weighted by atomic mass is 10.0. The van der Waals surface area contributed by atoms with Crippen LogP contribution in [0.3, 0.4) is 0 Å². The third-order valence-corrected chi connectivity index (χ3v) is 2.77. The van der Waals surface area contributed by atoms with Gasteiger partial charge in [-0.15, -0.1) is 11.6 Å². The van der Waals surface area contributed by atoms with Gasteiger partial charge in [-0.1, -0.05) is 0 Å². The van der Waals surface area contributed by atoms with Crippen molar-refractivity contribution < 1.29 is 19.4 Å². The smallest absolute Gasteiger partial charge is 0.352 e. The van der Waals surface area contributed by atoms with Gasteiger partial charge in [0, 0.05) is 11.5 Å². The summed E-state index contributed by atoms with van der Waals surface area (Å²) in [5, 5.41) is 8.96. The van der Waals surface area contributed by atoms with Crippen molar-refractivity contribution in [3.63, 3.8) is 0 Å². The predicted octanol–water partition coefficient (Wildman–Crippen LogP) is -0.910. The first-order chi connectivity index (χ1) is 7.07. The Hall–Kier alpha value is -1.11. The number of carboxylic acid groups (broad SMARTS) is 1. The maximum Gasteiger partial charge on any atom is 0.352 e. The number of nitrogens with two attached hydrogens (primary N) is 1. The first-order valence-electron chi connectivity index (χ1n) is 4.29. The Bertz CT molecular complexity index is 368. The molecular formula is C8H9ClN2O4. The zero-order valence-electron chi connectivity index (χ0n) is 7.64. The molecule has 15 heavy (non-hydrogen) atoms. The summed E-state index contributed by atoms with van der Waals surface area (Å²) in [6, 6.07) is -0.767. The Morgan fingerprint density at radius 1 is 1.73 bits per heavy atom. The summed E-state index contributed by atoms with van der Waals surface area (Å²) in [6.07, 6.45) is -0.657. The molecule has 6 nitrogen and oxygen atoms in total. The van der Waals surface area contributed by atoms with Gasteiger partial charge in [-0.2, -0.15) is 0 Å². The second kappa shape index (κ2) is 3.48. The van der Waals surface area contributed by atoms with E-state index in [-0.39, 0.29) is 18.2 Å². The molecule has 0 aromatic heterocycles. The number of hydrogen-bond donors (Lipinski definition) is 2. The Kier molecular flexibility index (Phi) is 2.41. The summed E-state index contributed by atoms with van der Waals surface area (Å²) in [7, 11) is 0. The van der Waals surface area contributed by atoms with E-state index in [1.165, 1.54) is 0 Å². The van der Waals surface area contributed by atoms with Gasteiger partial charge in [-0.05, 0) is 0 Å². The van der Waals surface area contributed by atoms with Crippen molar-refractivity contribution in [3.8, 4) is 0 Å². The van der Waals surface area contributed by atoms with Crippen LogP contribution in [0.15, 0.2) is 11.3 Å². The highest BCUT2D eigenvalue weighted by Gasteiger charge is 2.52. The molecule has 0 aliphatic carbocycles. The molecule has 0 radical (unpaired) electrons. The van der Waals surface area contributed by atoms with Crippen LogP contribution >= 0.6 is 11.6 Å². The van der Waals surface area contributed by atoms with E-state index in [1.54, 1.807) is 0 Å². The molecule has 1 saturated heterocycles. The molecule has 1 unspecified atom stereocenters. The Morgan fingerprint density at radius 3 is 2.93 bits per heavy atom. The first kappa shape index (κ1) is 10.4. The van der Waals surface area contributed by atoms with Gasteiger partial charge in [0.2, 0.25) is 0 Å². The van der Waals surface area contributed by atoms with Crippen LogP contribution in [0.4, 0.5) is 0 Å². The summed E-state index contributed by atoms with van der Waals surface area (Å²) < 4.78 is 5.22. The molecule has 2 aliphatic rings. The maximum absolute atomic E-state index is 11.4. The van der Waals surface area contributed by atoms with Gasteiger partial charge >= 0.3 is 5.97 Å². The monoisotopic (exact) mass is 232 g/mol. The average molecular weight is 233 g/mol. The molecule has 2 aliphatic heterocycles. The second-order valence-electron chi connectivity index (χ2n) is 3.33. The highest BCUT2D eigenvalue weighted by molar-refractivity contribution is 6.20. The summed E-state index contributed by atoms with van der Waals surface area (Å²) in [6.45, 7) is 0.104. The molecule has 0 bridgehead atoms. The van der Waals surface area contributed by atoms with Gasteiger partial charge in [0.15, 0.2) is 6.23 Å². The van der Waals surface area contributed by atoms with E-state index in [2.05, 4.69) is 0 Å². The van der Waals surface area contributed by atoms with E-state index < -0.39 is 24.1 Å². The molecule has 0 aromatic rings. The lowest BCUT2D eigenvalue weighted by molar-refractivity contribution is -0.180. The molecule has 0 saturated carbocycles. The third kappa shape index (κ3) is 1.33. The molecule has 82 valence electrons. The Labute approximate surface area is 90.2 Å². The van der Waals surface area contributed by atoms with Crippen molar-refractivity contribution >= 4 is 23.5 Å². The van der Waals surface area contributed by atoms with E-state index in [0.29, 0.717) is 5.57 Å². The summed E-state index contributed by atoms with van der Waals surface area (Å²) >= 11 is 5.57. The molecule has 2 heterocycles. The van der Waals surface area contributed by atoms with Crippen molar-refractivity contribution in [1.82, 2.24) is 4.90 Å². The summed E-state index contributed by atoms with van der Waals surface area (Å²) in [5.41, 5.74) is 5.76. The number of carbonyl (C=O) groups is 2. The largest absolute Gasteiger partial charge is 0.477 e. The number of hydrogen-bond acceptors (Lipinski definition) is 4. The highest BCUT2D eigenvalue weighted by Crippen LogP contribution is 2.31. The molecule has 1 fully saturated rings. The van der Waals surface area contributed by atoms with E-state index in [4.69, 9.17) is 27.2 Å². The van der Waals surface area contributed by atoms with E-state index >= 15 is 0 Å². The lowest BCUT2D eigenvalue weighted by Gasteiger charge is -2.47. The van der Waals surface area contributed by atoms with Crippen LogP contribution in [0.2, 0.25) is 0 Å². The molecule has 1 amide bonds. The fourth-order valence-corrected chi connectivity index (χ4v) is 1.89. The quantitative estimate of drug-likeness (QED) is 0.475. The minimum atomic E-state index is -1.18. The number of aliphatic carboxylic acids is 1. The normalized spacial score (nSPS) is 30.0. The fraction of sp³-hybridized carbons (Fsp3) is 0.500. The summed E-state index contributed by atoms with van der Waals surface area (Å²) in [4.78, 5) is 23.4. The van der Waals surface area contributed by atoms with Crippen molar-refractivity contribution in [2.75, 3.05) is 12.5 Å². The Balaban J connectivity index is 2.38. The fourth-order valence-electron chi connectivity index (χ4n) is 1.68. The number of amides is 1. The zero-order valence-corrected chi connectivity index (χ0v) is 8.40. The van der Waals surface area contributed by atoms with Crippen LogP contribution < -0.4 is 5.73 Å². The summed E-state index contributed by atoms with van der Waals surface area (Å²) in [5.74, 6) is -1.60. The van der Waals surface area contributed by atoms with Crippen LogP contribution in [0.25, 0.3) is 0 Å². The van der Waals surface area contributed by atoms with Crippen LogP contribution in [0.1, 0.15) is 0 Å².